The van der Waals surface area contributed by atoms with Crippen LogP contribution in [0.5, 0.6) is 0 Å². The highest BCUT2D eigenvalue weighted by molar-refractivity contribution is 6.28. The molecule has 0 saturated heterocycles. The predicted octanol–water partition coefficient (Wildman–Crippen LogP) is 5.03. The molecule has 32 heavy (non-hydrogen) atoms. The van der Waals surface area contributed by atoms with E-state index in [1.807, 2.05) is 63.2 Å². The molecule has 6 nitrogen and oxygen atoms in total. The number of nitrogens with zero attached hydrogens (tertiary/aromatic N) is 1. The van der Waals surface area contributed by atoms with Crippen LogP contribution < -0.4 is 5.32 Å². The summed E-state index contributed by atoms with van der Waals surface area (Å²) >= 11 is 0. The number of nitrogens with one attached hydrogen (secondary N) is 1. The molecule has 162 valence electrons. The maximum absolute atomic E-state index is 13.2. The van der Waals surface area contributed by atoms with E-state index in [2.05, 4.69) is 5.32 Å². The number of imide groups is 1. The fourth-order valence-electron chi connectivity index (χ4n) is 4.17. The average Bonchev–Trinajstić information content (AvgIpc) is 3.00. The lowest BCUT2D eigenvalue weighted by atomic mass is 9.90. The first-order valence-corrected chi connectivity index (χ1v) is 10.3. The standard InChI is InChI=1S/C26H24N2O4/c1-14-9-6-7-12-17(14)18-13-19(26(31)32-5)20-21(25(30)28(4)24(20)29)23(18)27-22-15(2)10-8-11-16(22)3/h6-13,27H,1-5H3. The number of benzene rings is 3. The molecule has 0 radical (unpaired) electrons. The van der Waals surface area contributed by atoms with E-state index in [-0.39, 0.29) is 16.7 Å². The lowest BCUT2D eigenvalue weighted by Crippen LogP contribution is -2.25. The molecule has 0 bridgehead atoms. The van der Waals surface area contributed by atoms with Crippen molar-refractivity contribution in [2.24, 2.45) is 0 Å². The zero-order valence-corrected chi connectivity index (χ0v) is 18.7. The van der Waals surface area contributed by atoms with Crippen LogP contribution in [-0.4, -0.2) is 36.8 Å². The molecule has 3 aromatic carbocycles. The van der Waals surface area contributed by atoms with Crippen molar-refractivity contribution >= 4 is 29.2 Å². The number of methoxy groups -OCH3 is 1. The molecule has 0 spiro atoms. The first kappa shape index (κ1) is 21.3. The first-order chi connectivity index (χ1) is 15.3. The smallest absolute Gasteiger partial charge is 0.338 e. The number of carbonyl (C=O) groups is 3. The Kier molecular flexibility index (Phi) is 5.30. The molecule has 4 rings (SSSR count). The van der Waals surface area contributed by atoms with Gasteiger partial charge in [0, 0.05) is 18.3 Å². The number of ether oxygens (including phenoxy) is 1. The quantitative estimate of drug-likeness (QED) is 0.466. The monoisotopic (exact) mass is 428 g/mol. The first-order valence-electron chi connectivity index (χ1n) is 10.3. The maximum atomic E-state index is 13.2. The van der Waals surface area contributed by atoms with Crippen LogP contribution in [0.25, 0.3) is 11.1 Å². The van der Waals surface area contributed by atoms with Gasteiger partial charge in [0.2, 0.25) is 0 Å². The summed E-state index contributed by atoms with van der Waals surface area (Å²) in [5.41, 5.74) is 6.15. The number of rotatable bonds is 4. The number of fused-ring (bicyclic) bond motifs is 1. The summed E-state index contributed by atoms with van der Waals surface area (Å²) in [5.74, 6) is -1.64. The summed E-state index contributed by atoms with van der Waals surface area (Å²) in [7, 11) is 2.68. The lowest BCUT2D eigenvalue weighted by Gasteiger charge is -2.20. The molecule has 0 aromatic heterocycles. The van der Waals surface area contributed by atoms with Crippen LogP contribution >= 0.6 is 0 Å². The van der Waals surface area contributed by atoms with Gasteiger partial charge in [-0.1, -0.05) is 42.5 Å². The van der Waals surface area contributed by atoms with Gasteiger partial charge in [0.15, 0.2) is 0 Å². The van der Waals surface area contributed by atoms with Gasteiger partial charge in [-0.3, -0.25) is 14.5 Å². The summed E-state index contributed by atoms with van der Waals surface area (Å²) in [5, 5.41) is 3.44. The normalized spacial score (nSPS) is 12.7. The molecular weight excluding hydrogens is 404 g/mol. The summed E-state index contributed by atoms with van der Waals surface area (Å²) in [4.78, 5) is 39.9. The highest BCUT2D eigenvalue weighted by Crippen LogP contribution is 2.42. The number of aryl methyl sites for hydroxylation is 3. The van der Waals surface area contributed by atoms with Gasteiger partial charge in [0.25, 0.3) is 11.8 Å². The molecular formula is C26H24N2O4. The van der Waals surface area contributed by atoms with Gasteiger partial charge in [0.05, 0.1) is 29.5 Å². The molecule has 0 aliphatic carbocycles. The zero-order chi connectivity index (χ0) is 23.2. The molecule has 6 heteroatoms. The largest absolute Gasteiger partial charge is 0.465 e. The Hall–Kier alpha value is -3.93. The number of amides is 2. The number of hydrogen-bond donors (Lipinski definition) is 1. The van der Waals surface area contributed by atoms with Crippen molar-refractivity contribution in [1.29, 1.82) is 0 Å². The minimum Gasteiger partial charge on any atom is -0.465 e. The van der Waals surface area contributed by atoms with Crippen LogP contribution in [0.4, 0.5) is 11.4 Å². The Morgan fingerprint density at radius 3 is 2.03 bits per heavy atom. The van der Waals surface area contributed by atoms with Crippen molar-refractivity contribution in [2.45, 2.75) is 20.8 Å². The van der Waals surface area contributed by atoms with E-state index in [1.54, 1.807) is 6.07 Å². The van der Waals surface area contributed by atoms with E-state index >= 15 is 0 Å². The van der Waals surface area contributed by atoms with Crippen molar-refractivity contribution in [1.82, 2.24) is 4.90 Å². The Labute approximate surface area is 186 Å². The topological polar surface area (TPSA) is 75.7 Å². The third-order valence-corrected chi connectivity index (χ3v) is 5.94. The van der Waals surface area contributed by atoms with E-state index in [9.17, 15) is 14.4 Å². The van der Waals surface area contributed by atoms with Crippen LogP contribution in [0.2, 0.25) is 0 Å². The zero-order valence-electron chi connectivity index (χ0n) is 18.7. The van der Waals surface area contributed by atoms with Crippen LogP contribution in [-0.2, 0) is 4.74 Å². The molecule has 1 aliphatic heterocycles. The minimum absolute atomic E-state index is 0.0652. The van der Waals surface area contributed by atoms with Gasteiger partial charge in [-0.05, 0) is 49.1 Å². The van der Waals surface area contributed by atoms with Gasteiger partial charge in [-0.15, -0.1) is 0 Å². The van der Waals surface area contributed by atoms with Crippen molar-refractivity contribution < 1.29 is 19.1 Å². The molecule has 0 atom stereocenters. The van der Waals surface area contributed by atoms with E-state index in [4.69, 9.17) is 4.74 Å². The maximum Gasteiger partial charge on any atom is 0.338 e. The summed E-state index contributed by atoms with van der Waals surface area (Å²) in [6.45, 7) is 5.91. The van der Waals surface area contributed by atoms with E-state index in [1.165, 1.54) is 14.2 Å². The van der Waals surface area contributed by atoms with Crippen LogP contribution in [0, 0.1) is 20.8 Å². The lowest BCUT2D eigenvalue weighted by molar-refractivity contribution is 0.0590. The Bertz CT molecular complexity index is 1270. The van der Waals surface area contributed by atoms with Crippen molar-refractivity contribution in [2.75, 3.05) is 19.5 Å². The van der Waals surface area contributed by atoms with E-state index < -0.39 is 17.8 Å². The van der Waals surface area contributed by atoms with Gasteiger partial charge in [-0.2, -0.15) is 0 Å². The molecule has 0 unspecified atom stereocenters. The summed E-state index contributed by atoms with van der Waals surface area (Å²) < 4.78 is 4.96. The molecule has 3 aromatic rings. The molecule has 1 heterocycles. The van der Waals surface area contributed by atoms with Crippen molar-refractivity contribution in [3.05, 3.63) is 81.9 Å². The minimum atomic E-state index is -0.661. The number of esters is 1. The van der Waals surface area contributed by atoms with Gasteiger partial charge >= 0.3 is 5.97 Å². The second-order valence-electron chi connectivity index (χ2n) is 7.96. The van der Waals surface area contributed by atoms with Gasteiger partial charge < -0.3 is 10.1 Å². The van der Waals surface area contributed by atoms with E-state index in [0.29, 0.717) is 11.3 Å². The molecule has 0 saturated carbocycles. The highest BCUT2D eigenvalue weighted by atomic mass is 16.5. The molecule has 2 amide bonds. The third-order valence-electron chi connectivity index (χ3n) is 5.94. The summed E-state index contributed by atoms with van der Waals surface area (Å²) in [6, 6.07) is 15.3. The van der Waals surface area contributed by atoms with Crippen LogP contribution in [0.3, 0.4) is 0 Å². The predicted molar refractivity (Wildman–Crippen MR) is 124 cm³/mol. The molecule has 1 N–H and O–H groups in total. The fraction of sp³-hybridized carbons (Fsp3) is 0.192. The van der Waals surface area contributed by atoms with E-state index in [0.717, 1.165) is 32.8 Å². The van der Waals surface area contributed by atoms with Gasteiger partial charge in [-0.25, -0.2) is 4.79 Å². The molecule has 1 aliphatic rings. The Morgan fingerprint density at radius 2 is 1.41 bits per heavy atom. The van der Waals surface area contributed by atoms with Gasteiger partial charge in [0.1, 0.15) is 0 Å². The Morgan fingerprint density at radius 1 is 0.812 bits per heavy atom. The fourth-order valence-corrected chi connectivity index (χ4v) is 4.17. The highest BCUT2D eigenvalue weighted by Gasteiger charge is 2.40. The van der Waals surface area contributed by atoms with Crippen LogP contribution in [0.15, 0.2) is 48.5 Å². The average molecular weight is 428 g/mol. The summed E-state index contributed by atoms with van der Waals surface area (Å²) in [6.07, 6.45) is 0. The number of carbonyl (C=O) groups excluding carboxylic acids is 3. The third kappa shape index (κ3) is 3.24. The van der Waals surface area contributed by atoms with Crippen molar-refractivity contribution in [3.63, 3.8) is 0 Å². The second kappa shape index (κ2) is 7.96. The number of hydrogen-bond acceptors (Lipinski definition) is 5. The SMILES string of the molecule is COC(=O)c1cc(-c2ccccc2C)c(Nc2c(C)cccc2C)c2c1C(=O)N(C)C2=O. The Balaban J connectivity index is 2.12. The molecule has 0 fully saturated rings. The second-order valence-corrected chi connectivity index (χ2v) is 7.96. The number of para-hydroxylation sites is 1. The number of anilines is 2. The van der Waals surface area contributed by atoms with Crippen LogP contribution in [0.1, 0.15) is 47.8 Å². The van der Waals surface area contributed by atoms with Crippen molar-refractivity contribution in [3.8, 4) is 11.1 Å².